The van der Waals surface area contributed by atoms with Crippen LogP contribution in [0.15, 0.2) is 18.2 Å². The highest BCUT2D eigenvalue weighted by molar-refractivity contribution is 7.80. The molecule has 0 unspecified atom stereocenters. The molecule has 2 N–H and O–H groups in total. The van der Waals surface area contributed by atoms with E-state index in [1.165, 1.54) is 0 Å². The van der Waals surface area contributed by atoms with E-state index < -0.39 is 0 Å². The fourth-order valence-corrected chi connectivity index (χ4v) is 1.21. The van der Waals surface area contributed by atoms with Crippen molar-refractivity contribution in [3.8, 4) is 11.8 Å². The zero-order valence-corrected chi connectivity index (χ0v) is 8.57. The zero-order chi connectivity index (χ0) is 9.68. The van der Waals surface area contributed by atoms with Gasteiger partial charge in [-0.05, 0) is 30.2 Å². The zero-order valence-electron chi connectivity index (χ0n) is 7.67. The van der Waals surface area contributed by atoms with Crippen LogP contribution in [0.2, 0.25) is 0 Å². The Morgan fingerprint density at radius 2 is 2.23 bits per heavy atom. The van der Waals surface area contributed by atoms with E-state index in [0.717, 1.165) is 23.2 Å². The summed E-state index contributed by atoms with van der Waals surface area (Å²) >= 11 is 4.02. The fraction of sp³-hybridized carbons (Fsp3) is 0.273. The highest BCUT2D eigenvalue weighted by Gasteiger charge is 1.96. The monoisotopic (exact) mass is 191 g/mol. The first-order chi connectivity index (χ1) is 6.27. The molecule has 1 rings (SSSR count). The minimum atomic E-state index is 0.589. The molecular formula is C11H13NS. The molecular weight excluding hydrogens is 178 g/mol. The molecule has 0 saturated heterocycles. The normalized spacial score (nSPS) is 9.08. The molecule has 1 aromatic carbocycles. The molecule has 0 aliphatic heterocycles. The predicted octanol–water partition coefficient (Wildman–Crippen LogP) is 2.11. The summed E-state index contributed by atoms with van der Waals surface area (Å²) in [6, 6.07) is 5.87. The fourth-order valence-electron chi connectivity index (χ4n) is 1.13. The molecule has 2 heteroatoms. The Morgan fingerprint density at radius 3 is 2.85 bits per heavy atom. The molecule has 68 valence electrons. The summed E-state index contributed by atoms with van der Waals surface area (Å²) in [4.78, 5) is 0. The lowest BCUT2D eigenvalue weighted by molar-refractivity contribution is 1.14. The van der Waals surface area contributed by atoms with Gasteiger partial charge in [0.25, 0.3) is 0 Å². The smallest absolute Gasteiger partial charge is 0.0521 e. The maximum absolute atomic E-state index is 5.77. The van der Waals surface area contributed by atoms with Crippen LogP contribution in [0.4, 0.5) is 5.69 Å². The van der Waals surface area contributed by atoms with Gasteiger partial charge in [-0.1, -0.05) is 18.8 Å². The van der Waals surface area contributed by atoms with Gasteiger partial charge in [-0.15, -0.1) is 0 Å². The summed E-state index contributed by atoms with van der Waals surface area (Å²) in [6.45, 7) is 2.08. The summed E-state index contributed by atoms with van der Waals surface area (Å²) in [5.41, 5.74) is 8.78. The van der Waals surface area contributed by atoms with Gasteiger partial charge in [0.15, 0.2) is 0 Å². The molecule has 1 aromatic rings. The number of hydrogen-bond acceptors (Lipinski definition) is 2. The Balaban J connectivity index is 2.99. The van der Waals surface area contributed by atoms with Gasteiger partial charge < -0.3 is 5.73 Å². The quantitative estimate of drug-likeness (QED) is 0.397. The summed E-state index contributed by atoms with van der Waals surface area (Å²) < 4.78 is 0. The molecule has 0 aliphatic rings. The molecule has 0 bridgehead atoms. The van der Waals surface area contributed by atoms with E-state index in [2.05, 4.69) is 31.4 Å². The lowest BCUT2D eigenvalue weighted by atomic mass is 10.1. The van der Waals surface area contributed by atoms with Crippen LogP contribution in [0.25, 0.3) is 0 Å². The third-order valence-corrected chi connectivity index (χ3v) is 1.99. The van der Waals surface area contributed by atoms with Gasteiger partial charge in [0.1, 0.15) is 0 Å². The van der Waals surface area contributed by atoms with E-state index in [4.69, 9.17) is 5.73 Å². The van der Waals surface area contributed by atoms with E-state index in [1.54, 1.807) is 0 Å². The van der Waals surface area contributed by atoms with Gasteiger partial charge in [0, 0.05) is 11.3 Å². The summed E-state index contributed by atoms with van der Waals surface area (Å²) in [5.74, 6) is 6.51. The van der Waals surface area contributed by atoms with Crippen LogP contribution in [0.1, 0.15) is 18.1 Å². The minimum absolute atomic E-state index is 0.589. The van der Waals surface area contributed by atoms with Gasteiger partial charge in [0.05, 0.1) is 5.75 Å². The second-order valence-electron chi connectivity index (χ2n) is 2.73. The number of nitrogen functional groups attached to an aromatic ring is 1. The lowest BCUT2D eigenvalue weighted by Gasteiger charge is -2.02. The Labute approximate surface area is 84.8 Å². The van der Waals surface area contributed by atoms with Crippen molar-refractivity contribution in [3.63, 3.8) is 0 Å². The molecule has 0 saturated carbocycles. The van der Waals surface area contributed by atoms with Crippen LogP contribution in [0.5, 0.6) is 0 Å². The molecule has 0 radical (unpaired) electrons. The van der Waals surface area contributed by atoms with Crippen LogP contribution in [-0.2, 0) is 6.42 Å². The Hall–Kier alpha value is -1.07. The maximum Gasteiger partial charge on any atom is 0.0521 e. The average molecular weight is 191 g/mol. The first kappa shape index (κ1) is 10.0. The first-order valence-corrected chi connectivity index (χ1v) is 4.89. The molecule has 0 fully saturated rings. The lowest BCUT2D eigenvalue weighted by Crippen LogP contribution is -1.93. The minimum Gasteiger partial charge on any atom is -0.399 e. The average Bonchev–Trinajstić information content (AvgIpc) is 2.16. The van der Waals surface area contributed by atoms with Crippen molar-refractivity contribution in [2.75, 3.05) is 11.5 Å². The standard InChI is InChI=1S/C11H13NS/c1-2-10-8-9(4-3-7-13)5-6-11(10)12/h5-6,8,13H,2,7,12H2,1H3. The number of aryl methyl sites for hydroxylation is 1. The topological polar surface area (TPSA) is 26.0 Å². The molecule has 0 spiro atoms. The largest absolute Gasteiger partial charge is 0.399 e. The van der Waals surface area contributed by atoms with E-state index in [9.17, 15) is 0 Å². The Morgan fingerprint density at radius 1 is 1.46 bits per heavy atom. The number of hydrogen-bond donors (Lipinski definition) is 2. The Bertz CT molecular complexity index is 347. The highest BCUT2D eigenvalue weighted by atomic mass is 32.1. The molecule has 13 heavy (non-hydrogen) atoms. The molecule has 1 nitrogen and oxygen atoms in total. The number of rotatable bonds is 1. The summed E-state index contributed by atoms with van der Waals surface area (Å²) in [6.07, 6.45) is 0.947. The van der Waals surface area contributed by atoms with Crippen molar-refractivity contribution in [2.45, 2.75) is 13.3 Å². The van der Waals surface area contributed by atoms with Crippen LogP contribution in [0, 0.1) is 11.8 Å². The van der Waals surface area contributed by atoms with Crippen molar-refractivity contribution >= 4 is 18.3 Å². The summed E-state index contributed by atoms with van der Waals surface area (Å²) in [7, 11) is 0. The second kappa shape index (κ2) is 4.84. The molecule has 0 atom stereocenters. The van der Waals surface area contributed by atoms with Crippen molar-refractivity contribution in [2.24, 2.45) is 0 Å². The third-order valence-electron chi connectivity index (χ3n) is 1.84. The summed E-state index contributed by atoms with van der Waals surface area (Å²) in [5, 5.41) is 0. The van der Waals surface area contributed by atoms with Crippen LogP contribution in [0.3, 0.4) is 0 Å². The predicted molar refractivity (Wildman–Crippen MR) is 61.0 cm³/mol. The van der Waals surface area contributed by atoms with Crippen LogP contribution in [-0.4, -0.2) is 5.75 Å². The van der Waals surface area contributed by atoms with Crippen molar-refractivity contribution in [3.05, 3.63) is 29.3 Å². The van der Waals surface area contributed by atoms with Crippen LogP contribution >= 0.6 is 12.6 Å². The second-order valence-corrected chi connectivity index (χ2v) is 3.04. The Kier molecular flexibility index (Phi) is 3.72. The van der Waals surface area contributed by atoms with E-state index >= 15 is 0 Å². The van der Waals surface area contributed by atoms with Gasteiger partial charge in [-0.25, -0.2) is 0 Å². The molecule has 0 aromatic heterocycles. The van der Waals surface area contributed by atoms with E-state index in [0.29, 0.717) is 5.75 Å². The highest BCUT2D eigenvalue weighted by Crippen LogP contribution is 2.13. The number of benzene rings is 1. The molecule has 0 heterocycles. The van der Waals surface area contributed by atoms with Gasteiger partial charge in [0.2, 0.25) is 0 Å². The SMILES string of the molecule is CCc1cc(C#CCS)ccc1N. The van der Waals surface area contributed by atoms with Gasteiger partial charge >= 0.3 is 0 Å². The van der Waals surface area contributed by atoms with Crippen LogP contribution < -0.4 is 5.73 Å². The van der Waals surface area contributed by atoms with E-state index in [1.807, 2.05) is 18.2 Å². The number of thiol groups is 1. The molecule has 0 aliphatic carbocycles. The maximum atomic E-state index is 5.77. The van der Waals surface area contributed by atoms with Crippen molar-refractivity contribution < 1.29 is 0 Å². The van der Waals surface area contributed by atoms with Crippen molar-refractivity contribution in [1.82, 2.24) is 0 Å². The third kappa shape index (κ3) is 2.71. The number of anilines is 1. The van der Waals surface area contributed by atoms with Crippen molar-refractivity contribution in [1.29, 1.82) is 0 Å². The van der Waals surface area contributed by atoms with Gasteiger partial charge in [-0.3, -0.25) is 0 Å². The first-order valence-electron chi connectivity index (χ1n) is 4.26. The number of nitrogens with two attached hydrogens (primary N) is 1. The van der Waals surface area contributed by atoms with E-state index in [-0.39, 0.29) is 0 Å². The van der Waals surface area contributed by atoms with Gasteiger partial charge in [-0.2, -0.15) is 12.6 Å². The molecule has 0 amide bonds.